The minimum absolute atomic E-state index is 0.325. The Morgan fingerprint density at radius 2 is 1.95 bits per heavy atom. The van der Waals surface area contributed by atoms with E-state index in [4.69, 9.17) is 0 Å². The smallest absolute Gasteiger partial charge is 0.143 e. The molecule has 0 aromatic heterocycles. The van der Waals surface area contributed by atoms with E-state index in [1.807, 2.05) is 5.92 Å². The van der Waals surface area contributed by atoms with Gasteiger partial charge in [0.25, 0.3) is 0 Å². The molecule has 0 radical (unpaired) electrons. The van der Waals surface area contributed by atoms with E-state index < -0.39 is 17.2 Å². The largest absolute Gasteiger partial charge is 0.368 e. The van der Waals surface area contributed by atoms with Crippen LogP contribution in [0.5, 0.6) is 0 Å². The van der Waals surface area contributed by atoms with Gasteiger partial charge < -0.3 is 4.90 Å². The van der Waals surface area contributed by atoms with Crippen molar-refractivity contribution < 1.29 is 13.2 Å². The topological polar surface area (TPSA) is 3.24 Å². The molecular weight excluding hydrogens is 263 g/mol. The van der Waals surface area contributed by atoms with Crippen molar-refractivity contribution in [3.8, 4) is 12.1 Å². The Kier molecular flexibility index (Phi) is 4.94. The molecule has 1 fully saturated rings. The maximum absolute atomic E-state index is 13.8. The zero-order valence-electron chi connectivity index (χ0n) is 11.6. The van der Waals surface area contributed by atoms with Crippen molar-refractivity contribution in [3.05, 3.63) is 29.3 Å². The number of halogens is 3. The molecule has 1 aromatic rings. The Labute approximate surface area is 117 Å². The lowest BCUT2D eigenvalue weighted by molar-refractivity contribution is 0.433. The third-order valence-electron chi connectivity index (χ3n) is 3.78. The summed E-state index contributed by atoms with van der Waals surface area (Å²) in [4.78, 5) is 2.06. The van der Waals surface area contributed by atoms with E-state index in [1.54, 1.807) is 0 Å². The SMILES string of the molecule is CCCC1CCCCN1c1cc(F)c(C#CF)c(F)c1. The number of piperidine rings is 1. The molecule has 2 rings (SSSR count). The summed E-state index contributed by atoms with van der Waals surface area (Å²) in [6.07, 6.45) is 6.32. The Balaban J connectivity index is 2.33. The zero-order chi connectivity index (χ0) is 14.5. The van der Waals surface area contributed by atoms with Gasteiger partial charge in [0.15, 0.2) is 0 Å². The molecule has 1 saturated heterocycles. The van der Waals surface area contributed by atoms with Crippen molar-refractivity contribution in [1.82, 2.24) is 0 Å². The molecule has 0 amide bonds. The number of nitrogens with zero attached hydrogens (tertiary/aromatic N) is 1. The van der Waals surface area contributed by atoms with Gasteiger partial charge in [0.2, 0.25) is 0 Å². The number of hydrogen-bond acceptors (Lipinski definition) is 1. The van der Waals surface area contributed by atoms with Gasteiger partial charge in [-0.2, -0.15) is 0 Å². The summed E-state index contributed by atoms with van der Waals surface area (Å²) in [5.41, 5.74) is 0.0304. The number of hydrogen-bond donors (Lipinski definition) is 0. The van der Waals surface area contributed by atoms with Crippen molar-refractivity contribution in [2.75, 3.05) is 11.4 Å². The van der Waals surface area contributed by atoms with E-state index in [2.05, 4.69) is 11.8 Å². The summed E-state index contributed by atoms with van der Waals surface area (Å²) in [7, 11) is 0. The van der Waals surface area contributed by atoms with Gasteiger partial charge in [-0.05, 0) is 43.7 Å². The Morgan fingerprint density at radius 3 is 2.55 bits per heavy atom. The van der Waals surface area contributed by atoms with Crippen LogP contribution in [0.15, 0.2) is 12.1 Å². The summed E-state index contributed by atoms with van der Waals surface area (Å²) in [5, 5.41) is 0. The molecular formula is C16H18F3N. The fourth-order valence-electron chi connectivity index (χ4n) is 2.87. The van der Waals surface area contributed by atoms with E-state index in [-0.39, 0.29) is 0 Å². The molecule has 4 heteroatoms. The fraction of sp³-hybridized carbons (Fsp3) is 0.500. The zero-order valence-corrected chi connectivity index (χ0v) is 11.6. The third kappa shape index (κ3) is 3.09. The predicted molar refractivity (Wildman–Crippen MR) is 74.2 cm³/mol. The van der Waals surface area contributed by atoms with E-state index in [0.717, 1.165) is 44.8 Å². The Morgan fingerprint density at radius 1 is 1.25 bits per heavy atom. The first-order valence-corrected chi connectivity index (χ1v) is 7.04. The maximum atomic E-state index is 13.8. The van der Waals surface area contributed by atoms with Crippen molar-refractivity contribution in [1.29, 1.82) is 0 Å². The third-order valence-corrected chi connectivity index (χ3v) is 3.78. The highest BCUT2D eigenvalue weighted by molar-refractivity contribution is 5.53. The van der Waals surface area contributed by atoms with Gasteiger partial charge >= 0.3 is 0 Å². The second kappa shape index (κ2) is 6.69. The highest BCUT2D eigenvalue weighted by atomic mass is 19.1. The molecule has 0 saturated carbocycles. The molecule has 20 heavy (non-hydrogen) atoms. The summed E-state index contributed by atoms with van der Waals surface area (Å²) < 4.78 is 39.6. The Bertz CT molecular complexity index is 505. The first-order valence-electron chi connectivity index (χ1n) is 7.04. The average Bonchev–Trinajstić information content (AvgIpc) is 2.43. The van der Waals surface area contributed by atoms with Gasteiger partial charge in [0.05, 0.1) is 5.56 Å². The van der Waals surface area contributed by atoms with Gasteiger partial charge in [-0.1, -0.05) is 13.3 Å². The van der Waals surface area contributed by atoms with Crippen LogP contribution in [0, 0.1) is 23.7 Å². The minimum atomic E-state index is -0.800. The van der Waals surface area contributed by atoms with Gasteiger partial charge in [0.1, 0.15) is 17.8 Å². The first-order chi connectivity index (χ1) is 9.67. The van der Waals surface area contributed by atoms with Crippen LogP contribution in [0.1, 0.15) is 44.6 Å². The van der Waals surface area contributed by atoms with Crippen molar-refractivity contribution in [2.45, 2.75) is 45.1 Å². The van der Waals surface area contributed by atoms with Crippen molar-refractivity contribution in [2.24, 2.45) is 0 Å². The fourth-order valence-corrected chi connectivity index (χ4v) is 2.87. The normalized spacial score (nSPS) is 18.6. The van der Waals surface area contributed by atoms with Crippen molar-refractivity contribution >= 4 is 5.69 Å². The summed E-state index contributed by atoms with van der Waals surface area (Å²) >= 11 is 0. The highest BCUT2D eigenvalue weighted by Gasteiger charge is 2.23. The molecule has 0 bridgehead atoms. The van der Waals surface area contributed by atoms with Crippen molar-refractivity contribution in [3.63, 3.8) is 0 Å². The van der Waals surface area contributed by atoms with Crippen LogP contribution in [0.2, 0.25) is 0 Å². The maximum Gasteiger partial charge on any atom is 0.143 e. The molecule has 1 heterocycles. The minimum Gasteiger partial charge on any atom is -0.368 e. The van der Waals surface area contributed by atoms with Crippen LogP contribution < -0.4 is 4.90 Å². The molecule has 1 aromatic carbocycles. The van der Waals surface area contributed by atoms with Gasteiger partial charge in [-0.25, -0.2) is 8.78 Å². The van der Waals surface area contributed by atoms with Crippen LogP contribution in [0.3, 0.4) is 0 Å². The quantitative estimate of drug-likeness (QED) is 0.742. The molecule has 0 N–H and O–H groups in total. The summed E-state index contributed by atoms with van der Waals surface area (Å²) in [6.45, 7) is 2.91. The van der Waals surface area contributed by atoms with Gasteiger partial charge in [-0.15, -0.1) is 4.39 Å². The lowest BCUT2D eigenvalue weighted by atomic mass is 9.97. The van der Waals surface area contributed by atoms with E-state index in [9.17, 15) is 13.2 Å². The number of benzene rings is 1. The number of anilines is 1. The lowest BCUT2D eigenvalue weighted by Crippen LogP contribution is -2.39. The monoisotopic (exact) mass is 281 g/mol. The molecule has 0 spiro atoms. The first kappa shape index (κ1) is 14.8. The van der Waals surface area contributed by atoms with Gasteiger partial charge in [0, 0.05) is 18.3 Å². The molecule has 1 nitrogen and oxygen atoms in total. The lowest BCUT2D eigenvalue weighted by Gasteiger charge is -2.37. The summed E-state index contributed by atoms with van der Waals surface area (Å²) in [5.74, 6) is 0.225. The molecule has 1 aliphatic heterocycles. The van der Waals surface area contributed by atoms with Crippen LogP contribution in [-0.4, -0.2) is 12.6 Å². The summed E-state index contributed by atoms with van der Waals surface area (Å²) in [6, 6.07) is 2.85. The van der Waals surface area contributed by atoms with Crippen LogP contribution >= 0.6 is 0 Å². The van der Waals surface area contributed by atoms with Crippen LogP contribution in [-0.2, 0) is 0 Å². The molecule has 108 valence electrons. The van der Waals surface area contributed by atoms with E-state index in [1.165, 1.54) is 12.1 Å². The van der Waals surface area contributed by atoms with Crippen LogP contribution in [0.4, 0.5) is 18.9 Å². The van der Waals surface area contributed by atoms with E-state index in [0.29, 0.717) is 11.7 Å². The van der Waals surface area contributed by atoms with Gasteiger partial charge in [-0.3, -0.25) is 0 Å². The number of rotatable bonds is 3. The highest BCUT2D eigenvalue weighted by Crippen LogP contribution is 2.29. The average molecular weight is 281 g/mol. The standard InChI is InChI=1S/C16H18F3N/c1-2-5-12-6-3-4-9-20(12)13-10-15(18)14(7-8-17)16(19)11-13/h10-12H,2-6,9H2,1H3. The second-order valence-corrected chi connectivity index (χ2v) is 5.14. The van der Waals surface area contributed by atoms with E-state index >= 15 is 0 Å². The molecule has 0 aliphatic carbocycles. The molecule has 1 aliphatic rings. The molecule has 1 unspecified atom stereocenters. The molecule has 1 atom stereocenters. The Hall–Kier alpha value is -1.63. The predicted octanol–water partition coefficient (Wildman–Crippen LogP) is 4.40. The second-order valence-electron chi connectivity index (χ2n) is 5.14. The van der Waals surface area contributed by atoms with Crippen LogP contribution in [0.25, 0.3) is 0 Å².